The highest BCUT2D eigenvalue weighted by atomic mass is 19.1. The molecule has 4 heteroatoms. The molecule has 128 valence electrons. The van der Waals surface area contributed by atoms with Crippen LogP contribution in [0.15, 0.2) is 59.0 Å². The van der Waals surface area contributed by atoms with Crippen LogP contribution in [0.4, 0.5) is 4.39 Å². The third-order valence-corrected chi connectivity index (χ3v) is 4.63. The summed E-state index contributed by atoms with van der Waals surface area (Å²) in [6, 6.07) is 17.3. The Morgan fingerprint density at radius 3 is 2.44 bits per heavy atom. The van der Waals surface area contributed by atoms with Crippen molar-refractivity contribution in [1.29, 1.82) is 0 Å². The van der Waals surface area contributed by atoms with E-state index in [4.69, 9.17) is 9.40 Å². The van der Waals surface area contributed by atoms with Crippen LogP contribution in [0.2, 0.25) is 0 Å². The minimum Gasteiger partial charge on any atom is -0.441 e. The topological polar surface area (TPSA) is 29.3 Å². The second-order valence-electron chi connectivity index (χ2n) is 6.65. The van der Waals surface area contributed by atoms with Gasteiger partial charge in [0.2, 0.25) is 5.89 Å². The lowest BCUT2D eigenvalue weighted by molar-refractivity contribution is 0.241. The molecule has 1 fully saturated rings. The standard InChI is InChI=1S/C21H21FN2O/c1-15-20(23-21(25-15)17-5-3-2-4-6-17)14-24(19-11-12-19)13-16-7-9-18(22)10-8-16/h2-10,19H,11-14H2,1H3. The third kappa shape index (κ3) is 3.80. The summed E-state index contributed by atoms with van der Waals surface area (Å²) < 4.78 is 19.0. The molecule has 0 amide bonds. The maximum Gasteiger partial charge on any atom is 0.226 e. The molecule has 0 spiro atoms. The first-order valence-electron chi connectivity index (χ1n) is 8.69. The first-order valence-corrected chi connectivity index (χ1v) is 8.69. The van der Waals surface area contributed by atoms with E-state index in [1.165, 1.54) is 25.0 Å². The van der Waals surface area contributed by atoms with Gasteiger partial charge in [-0.1, -0.05) is 30.3 Å². The highest BCUT2D eigenvalue weighted by molar-refractivity contribution is 5.53. The van der Waals surface area contributed by atoms with E-state index >= 15 is 0 Å². The fourth-order valence-corrected chi connectivity index (χ4v) is 3.05. The number of aryl methyl sites for hydroxylation is 1. The van der Waals surface area contributed by atoms with Crippen molar-refractivity contribution in [3.8, 4) is 11.5 Å². The number of halogens is 1. The van der Waals surface area contributed by atoms with Crippen LogP contribution in [-0.4, -0.2) is 15.9 Å². The van der Waals surface area contributed by atoms with Gasteiger partial charge >= 0.3 is 0 Å². The summed E-state index contributed by atoms with van der Waals surface area (Å²) >= 11 is 0. The van der Waals surface area contributed by atoms with Gasteiger partial charge < -0.3 is 4.42 Å². The predicted octanol–water partition coefficient (Wildman–Crippen LogP) is 4.95. The number of aromatic nitrogens is 1. The van der Waals surface area contributed by atoms with Crippen molar-refractivity contribution in [2.75, 3.05) is 0 Å². The van der Waals surface area contributed by atoms with E-state index < -0.39 is 0 Å². The van der Waals surface area contributed by atoms with Gasteiger partial charge in [0.25, 0.3) is 0 Å². The largest absolute Gasteiger partial charge is 0.441 e. The van der Waals surface area contributed by atoms with Gasteiger partial charge in [-0.25, -0.2) is 9.37 Å². The van der Waals surface area contributed by atoms with Crippen LogP contribution in [0.3, 0.4) is 0 Å². The third-order valence-electron chi connectivity index (χ3n) is 4.63. The molecule has 0 bridgehead atoms. The normalized spacial score (nSPS) is 14.2. The van der Waals surface area contributed by atoms with Crippen LogP contribution in [-0.2, 0) is 13.1 Å². The zero-order valence-corrected chi connectivity index (χ0v) is 14.3. The zero-order valence-electron chi connectivity index (χ0n) is 14.3. The molecule has 1 saturated carbocycles. The first kappa shape index (κ1) is 16.0. The Bertz CT molecular complexity index is 838. The van der Waals surface area contributed by atoms with E-state index in [-0.39, 0.29) is 5.82 Å². The van der Waals surface area contributed by atoms with Crippen molar-refractivity contribution in [2.24, 2.45) is 0 Å². The Morgan fingerprint density at radius 1 is 1.04 bits per heavy atom. The molecule has 3 nitrogen and oxygen atoms in total. The summed E-state index contributed by atoms with van der Waals surface area (Å²) in [6.07, 6.45) is 2.42. The quantitative estimate of drug-likeness (QED) is 0.637. The van der Waals surface area contributed by atoms with Gasteiger partial charge in [-0.2, -0.15) is 0 Å². The fourth-order valence-electron chi connectivity index (χ4n) is 3.05. The SMILES string of the molecule is Cc1oc(-c2ccccc2)nc1CN(Cc1ccc(F)cc1)C1CC1. The molecule has 0 aliphatic heterocycles. The van der Waals surface area contributed by atoms with Crippen LogP contribution in [0.5, 0.6) is 0 Å². The van der Waals surface area contributed by atoms with Gasteiger partial charge in [0, 0.05) is 24.7 Å². The van der Waals surface area contributed by atoms with Crippen molar-refractivity contribution < 1.29 is 8.81 Å². The molecule has 25 heavy (non-hydrogen) atoms. The molecule has 1 aliphatic rings. The predicted molar refractivity (Wildman–Crippen MR) is 95.3 cm³/mol. The minimum absolute atomic E-state index is 0.193. The van der Waals surface area contributed by atoms with Crippen molar-refractivity contribution in [2.45, 2.75) is 38.9 Å². The van der Waals surface area contributed by atoms with Gasteiger partial charge in [-0.15, -0.1) is 0 Å². The average Bonchev–Trinajstić information content (AvgIpc) is 3.41. The van der Waals surface area contributed by atoms with E-state index in [0.717, 1.165) is 35.7 Å². The lowest BCUT2D eigenvalue weighted by Gasteiger charge is -2.21. The Morgan fingerprint density at radius 2 is 1.76 bits per heavy atom. The molecule has 2 aromatic carbocycles. The smallest absolute Gasteiger partial charge is 0.226 e. The van der Waals surface area contributed by atoms with Crippen molar-refractivity contribution in [1.82, 2.24) is 9.88 Å². The van der Waals surface area contributed by atoms with Crippen molar-refractivity contribution in [3.63, 3.8) is 0 Å². The molecular weight excluding hydrogens is 315 g/mol. The monoisotopic (exact) mass is 336 g/mol. The Balaban J connectivity index is 1.53. The summed E-state index contributed by atoms with van der Waals surface area (Å²) in [5, 5.41) is 0. The zero-order chi connectivity index (χ0) is 17.2. The Hall–Kier alpha value is -2.46. The maximum absolute atomic E-state index is 13.1. The maximum atomic E-state index is 13.1. The minimum atomic E-state index is -0.193. The summed E-state index contributed by atoms with van der Waals surface area (Å²) in [6.45, 7) is 3.53. The second kappa shape index (κ2) is 6.81. The lowest BCUT2D eigenvalue weighted by Crippen LogP contribution is -2.25. The van der Waals surface area contributed by atoms with E-state index in [2.05, 4.69) is 4.90 Å². The number of nitrogens with zero attached hydrogens (tertiary/aromatic N) is 2. The van der Waals surface area contributed by atoms with E-state index in [0.29, 0.717) is 11.9 Å². The number of rotatable bonds is 6. The summed E-state index contributed by atoms with van der Waals surface area (Å²) in [5.74, 6) is 1.34. The Labute approximate surface area is 147 Å². The van der Waals surface area contributed by atoms with E-state index in [9.17, 15) is 4.39 Å². The van der Waals surface area contributed by atoms with E-state index in [1.807, 2.05) is 49.4 Å². The van der Waals surface area contributed by atoms with E-state index in [1.54, 1.807) is 0 Å². The second-order valence-corrected chi connectivity index (χ2v) is 6.65. The van der Waals surface area contributed by atoms with Gasteiger partial charge in [0.15, 0.2) is 0 Å². The van der Waals surface area contributed by atoms with Crippen LogP contribution in [0.1, 0.15) is 29.9 Å². The molecule has 4 rings (SSSR count). The highest BCUT2D eigenvalue weighted by Crippen LogP contribution is 2.31. The number of hydrogen-bond donors (Lipinski definition) is 0. The fraction of sp³-hybridized carbons (Fsp3) is 0.286. The van der Waals surface area contributed by atoms with Crippen molar-refractivity contribution in [3.05, 3.63) is 77.4 Å². The van der Waals surface area contributed by atoms with Crippen LogP contribution >= 0.6 is 0 Å². The molecule has 1 aromatic heterocycles. The lowest BCUT2D eigenvalue weighted by atomic mass is 10.2. The van der Waals surface area contributed by atoms with Gasteiger partial charge in [0.05, 0.1) is 5.69 Å². The van der Waals surface area contributed by atoms with Gasteiger partial charge in [-0.3, -0.25) is 4.90 Å². The molecule has 0 unspecified atom stereocenters. The molecule has 1 aliphatic carbocycles. The number of hydrogen-bond acceptors (Lipinski definition) is 3. The van der Waals surface area contributed by atoms with Crippen LogP contribution < -0.4 is 0 Å². The van der Waals surface area contributed by atoms with Crippen molar-refractivity contribution >= 4 is 0 Å². The highest BCUT2D eigenvalue weighted by Gasteiger charge is 2.30. The molecule has 0 atom stereocenters. The number of oxazole rings is 1. The first-order chi connectivity index (χ1) is 12.2. The van der Waals surface area contributed by atoms with Crippen LogP contribution in [0.25, 0.3) is 11.5 Å². The molecule has 1 heterocycles. The van der Waals surface area contributed by atoms with Gasteiger partial charge in [0.1, 0.15) is 11.6 Å². The summed E-state index contributed by atoms with van der Waals surface area (Å²) in [5.41, 5.74) is 3.10. The van der Waals surface area contributed by atoms with Gasteiger partial charge in [-0.05, 0) is 49.6 Å². The Kier molecular flexibility index (Phi) is 4.36. The molecule has 0 saturated heterocycles. The molecule has 0 N–H and O–H groups in total. The number of benzene rings is 2. The molecule has 3 aromatic rings. The molecule has 0 radical (unpaired) electrons. The van der Waals surface area contributed by atoms with Crippen LogP contribution in [0, 0.1) is 12.7 Å². The summed E-state index contributed by atoms with van der Waals surface area (Å²) in [4.78, 5) is 7.13. The summed E-state index contributed by atoms with van der Waals surface area (Å²) in [7, 11) is 0. The molecular formula is C21H21FN2O. The average molecular weight is 336 g/mol.